The summed E-state index contributed by atoms with van der Waals surface area (Å²) in [5.41, 5.74) is 4.78. The number of alkyl halides is 3. The summed E-state index contributed by atoms with van der Waals surface area (Å²) < 4.78 is 38.4. The van der Waals surface area contributed by atoms with E-state index in [1.54, 1.807) is 0 Å². The molecule has 9 heteroatoms. The maximum absolute atomic E-state index is 12.4. The predicted molar refractivity (Wildman–Crippen MR) is 62.7 cm³/mol. The third-order valence-corrected chi connectivity index (χ3v) is 2.26. The van der Waals surface area contributed by atoms with Gasteiger partial charge in [-0.25, -0.2) is 4.98 Å². The zero-order chi connectivity index (χ0) is 14.0. The molecule has 102 valence electrons. The molecular weight excluding hydrogens is 261 g/mol. The van der Waals surface area contributed by atoms with Crippen LogP contribution >= 0.6 is 0 Å². The molecule has 0 aliphatic rings. The molecule has 2 heterocycles. The number of anilines is 2. The van der Waals surface area contributed by atoms with E-state index in [0.29, 0.717) is 12.5 Å². The van der Waals surface area contributed by atoms with E-state index < -0.39 is 11.7 Å². The molecule has 2 aromatic heterocycles. The first kappa shape index (κ1) is 13.1. The van der Waals surface area contributed by atoms with Crippen LogP contribution in [0.25, 0.3) is 5.82 Å². The molecule has 0 fully saturated rings. The average Bonchev–Trinajstić information content (AvgIpc) is 2.70. The molecule has 0 radical (unpaired) electrons. The molecule has 0 atom stereocenters. The van der Waals surface area contributed by atoms with Gasteiger partial charge in [0.2, 0.25) is 11.9 Å². The summed E-state index contributed by atoms with van der Waals surface area (Å²) in [6, 6.07) is 2.10. The summed E-state index contributed by atoms with van der Waals surface area (Å²) in [6.07, 6.45) is -3.70. The number of pyridine rings is 1. The van der Waals surface area contributed by atoms with Crippen molar-refractivity contribution in [3.63, 3.8) is 0 Å². The van der Waals surface area contributed by atoms with E-state index in [-0.39, 0.29) is 11.8 Å². The minimum atomic E-state index is -4.42. The number of aromatic nitrogens is 4. The van der Waals surface area contributed by atoms with Crippen LogP contribution in [0.5, 0.6) is 0 Å². The lowest BCUT2D eigenvalue weighted by Crippen LogP contribution is -2.08. The Kier molecular flexibility index (Phi) is 3.28. The molecule has 2 rings (SSSR count). The van der Waals surface area contributed by atoms with Crippen LogP contribution in [0.1, 0.15) is 12.5 Å². The van der Waals surface area contributed by atoms with E-state index in [1.165, 1.54) is 6.07 Å². The Labute approximate surface area is 106 Å². The fourth-order valence-corrected chi connectivity index (χ4v) is 1.40. The smallest absolute Gasteiger partial charge is 0.368 e. The van der Waals surface area contributed by atoms with E-state index in [9.17, 15) is 13.2 Å². The monoisotopic (exact) mass is 272 g/mol. The number of nitrogens with one attached hydrogen (secondary N) is 1. The highest BCUT2D eigenvalue weighted by Gasteiger charge is 2.30. The lowest BCUT2D eigenvalue weighted by molar-refractivity contribution is -0.137. The summed E-state index contributed by atoms with van der Waals surface area (Å²) in [6.45, 7) is 2.46. The van der Waals surface area contributed by atoms with Crippen molar-refractivity contribution >= 4 is 11.9 Å². The minimum Gasteiger partial charge on any atom is -0.368 e. The summed E-state index contributed by atoms with van der Waals surface area (Å²) >= 11 is 0. The third-order valence-electron chi connectivity index (χ3n) is 2.26. The summed E-state index contributed by atoms with van der Waals surface area (Å²) in [4.78, 5) is 7.59. The van der Waals surface area contributed by atoms with Gasteiger partial charge in [-0.2, -0.15) is 22.8 Å². The molecule has 0 bridgehead atoms. The molecule has 3 N–H and O–H groups in total. The molecular formula is C10H11F3N6. The molecule has 0 aliphatic carbocycles. The number of hydrogen-bond acceptors (Lipinski definition) is 5. The number of hydrogen-bond donors (Lipinski definition) is 2. The molecule has 6 nitrogen and oxygen atoms in total. The van der Waals surface area contributed by atoms with Crippen LogP contribution in [-0.2, 0) is 6.18 Å². The average molecular weight is 272 g/mol. The number of nitrogens with two attached hydrogens (primary N) is 1. The lowest BCUT2D eigenvalue weighted by atomic mass is 10.3. The number of nitrogens with zero attached hydrogens (tertiary/aromatic N) is 4. The predicted octanol–water partition coefficient (Wildman–Crippen LogP) is 1.70. The molecule has 0 aliphatic heterocycles. The fraction of sp³-hybridized carbons (Fsp3) is 0.300. The fourth-order valence-electron chi connectivity index (χ4n) is 1.40. The van der Waals surface area contributed by atoms with Crippen molar-refractivity contribution in [2.45, 2.75) is 13.1 Å². The van der Waals surface area contributed by atoms with Crippen molar-refractivity contribution in [3.8, 4) is 5.82 Å². The van der Waals surface area contributed by atoms with Crippen LogP contribution in [-0.4, -0.2) is 26.3 Å². The van der Waals surface area contributed by atoms with Gasteiger partial charge in [0.25, 0.3) is 0 Å². The Morgan fingerprint density at radius 2 is 2.11 bits per heavy atom. The highest BCUT2D eigenvalue weighted by atomic mass is 19.4. The van der Waals surface area contributed by atoms with Gasteiger partial charge in [0, 0.05) is 12.7 Å². The Morgan fingerprint density at radius 3 is 2.63 bits per heavy atom. The van der Waals surface area contributed by atoms with Gasteiger partial charge in [0.15, 0.2) is 5.82 Å². The van der Waals surface area contributed by atoms with E-state index >= 15 is 0 Å². The highest BCUT2D eigenvalue weighted by molar-refractivity contribution is 5.38. The van der Waals surface area contributed by atoms with Crippen molar-refractivity contribution in [3.05, 3.63) is 23.9 Å². The lowest BCUT2D eigenvalue weighted by Gasteiger charge is -2.06. The normalized spacial score (nSPS) is 11.6. The van der Waals surface area contributed by atoms with E-state index in [2.05, 4.69) is 20.4 Å². The first-order chi connectivity index (χ1) is 8.91. The van der Waals surface area contributed by atoms with Crippen molar-refractivity contribution in [1.29, 1.82) is 0 Å². The van der Waals surface area contributed by atoms with Crippen molar-refractivity contribution in [1.82, 2.24) is 19.7 Å². The molecule has 0 saturated heterocycles. The van der Waals surface area contributed by atoms with E-state index in [1.807, 2.05) is 6.92 Å². The second-order valence-electron chi connectivity index (χ2n) is 3.64. The Hall–Kier alpha value is -2.32. The van der Waals surface area contributed by atoms with Crippen molar-refractivity contribution in [2.24, 2.45) is 0 Å². The topological polar surface area (TPSA) is 81.6 Å². The minimum absolute atomic E-state index is 0.0446. The van der Waals surface area contributed by atoms with E-state index in [4.69, 9.17) is 5.73 Å². The Morgan fingerprint density at radius 1 is 1.37 bits per heavy atom. The van der Waals surface area contributed by atoms with Gasteiger partial charge >= 0.3 is 6.18 Å². The van der Waals surface area contributed by atoms with Crippen LogP contribution in [0, 0.1) is 0 Å². The zero-order valence-electron chi connectivity index (χ0n) is 9.94. The quantitative estimate of drug-likeness (QED) is 0.888. The Bertz CT molecular complexity index is 560. The van der Waals surface area contributed by atoms with Gasteiger partial charge in [-0.1, -0.05) is 0 Å². The van der Waals surface area contributed by atoms with Gasteiger partial charge in [0.05, 0.1) is 5.56 Å². The first-order valence-electron chi connectivity index (χ1n) is 5.42. The summed E-state index contributed by atoms with van der Waals surface area (Å²) in [5.74, 6) is 0.507. The SMILES string of the molecule is CCNc1nc(N)n(-c2ccc(C(F)(F)F)cn2)n1. The van der Waals surface area contributed by atoms with Gasteiger partial charge in [-0.15, -0.1) is 5.10 Å². The second kappa shape index (κ2) is 4.75. The van der Waals surface area contributed by atoms with Gasteiger partial charge in [-0.05, 0) is 19.1 Å². The van der Waals surface area contributed by atoms with Crippen LogP contribution in [0.15, 0.2) is 18.3 Å². The first-order valence-corrected chi connectivity index (χ1v) is 5.42. The molecule has 0 amide bonds. The van der Waals surface area contributed by atoms with Crippen LogP contribution in [0.2, 0.25) is 0 Å². The van der Waals surface area contributed by atoms with Crippen molar-refractivity contribution < 1.29 is 13.2 Å². The second-order valence-corrected chi connectivity index (χ2v) is 3.64. The number of nitrogen functional groups attached to an aromatic ring is 1. The van der Waals surface area contributed by atoms with Gasteiger partial charge in [-0.3, -0.25) is 0 Å². The molecule has 0 spiro atoms. The number of halogens is 3. The van der Waals surface area contributed by atoms with Crippen LogP contribution in [0.3, 0.4) is 0 Å². The molecule has 19 heavy (non-hydrogen) atoms. The van der Waals surface area contributed by atoms with Gasteiger partial charge in [0.1, 0.15) is 0 Å². The maximum Gasteiger partial charge on any atom is 0.417 e. The summed E-state index contributed by atoms with van der Waals surface area (Å²) in [5, 5.41) is 6.83. The standard InChI is InChI=1S/C10H11F3N6/c1-2-15-9-17-8(14)19(18-9)7-4-3-6(5-16-7)10(11,12)13/h3-5H,2H2,1H3,(H3,14,15,17,18). The molecule has 0 aromatic carbocycles. The van der Waals surface area contributed by atoms with Crippen LogP contribution < -0.4 is 11.1 Å². The van der Waals surface area contributed by atoms with Gasteiger partial charge < -0.3 is 11.1 Å². The molecule has 2 aromatic rings. The molecule has 0 unspecified atom stereocenters. The maximum atomic E-state index is 12.4. The largest absolute Gasteiger partial charge is 0.417 e. The number of rotatable bonds is 3. The zero-order valence-corrected chi connectivity index (χ0v) is 9.94. The molecule has 0 saturated carbocycles. The van der Waals surface area contributed by atoms with E-state index in [0.717, 1.165) is 16.9 Å². The summed E-state index contributed by atoms with van der Waals surface area (Å²) in [7, 11) is 0. The van der Waals surface area contributed by atoms with Crippen molar-refractivity contribution in [2.75, 3.05) is 17.6 Å². The Balaban J connectivity index is 2.32. The highest BCUT2D eigenvalue weighted by Crippen LogP contribution is 2.28. The van der Waals surface area contributed by atoms with Crippen LogP contribution in [0.4, 0.5) is 25.1 Å². The third kappa shape index (κ3) is 2.75.